The number of aromatic nitrogens is 5. The summed E-state index contributed by atoms with van der Waals surface area (Å²) in [6.07, 6.45) is -1.68. The molecular formula is C11H6F3N5O. The number of rotatable bonds is 2. The first kappa shape index (κ1) is 12.3. The van der Waals surface area contributed by atoms with Crippen LogP contribution in [0.1, 0.15) is 5.89 Å². The van der Waals surface area contributed by atoms with Crippen molar-refractivity contribution in [2.24, 2.45) is 0 Å². The Hall–Kier alpha value is -2.71. The van der Waals surface area contributed by atoms with Gasteiger partial charge in [0.1, 0.15) is 0 Å². The predicted octanol–water partition coefficient (Wildman–Crippen LogP) is 2.54. The van der Waals surface area contributed by atoms with E-state index in [0.717, 1.165) is 0 Å². The minimum atomic E-state index is -4.66. The zero-order valence-corrected chi connectivity index (χ0v) is 9.72. The molecule has 3 heterocycles. The second-order valence-electron chi connectivity index (χ2n) is 3.82. The van der Waals surface area contributed by atoms with E-state index >= 15 is 0 Å². The molecule has 0 atom stereocenters. The summed E-state index contributed by atoms with van der Waals surface area (Å²) >= 11 is 0. The molecule has 0 saturated heterocycles. The van der Waals surface area contributed by atoms with Crippen LogP contribution in [0.4, 0.5) is 13.2 Å². The first-order valence-corrected chi connectivity index (χ1v) is 5.41. The summed E-state index contributed by atoms with van der Waals surface area (Å²) in [6, 6.07) is 4.72. The van der Waals surface area contributed by atoms with Crippen LogP contribution in [-0.2, 0) is 6.18 Å². The summed E-state index contributed by atoms with van der Waals surface area (Å²) in [5.74, 6) is -1.53. The molecule has 20 heavy (non-hydrogen) atoms. The van der Waals surface area contributed by atoms with Gasteiger partial charge in [0.2, 0.25) is 5.82 Å². The number of nitrogens with one attached hydrogen (secondary N) is 1. The Morgan fingerprint density at radius 1 is 1.15 bits per heavy atom. The van der Waals surface area contributed by atoms with Gasteiger partial charge in [-0.15, -0.1) is 0 Å². The Bertz CT molecular complexity index is 720. The molecule has 0 saturated carbocycles. The van der Waals surface area contributed by atoms with E-state index in [9.17, 15) is 13.2 Å². The third kappa shape index (κ3) is 2.25. The number of nitrogens with zero attached hydrogens (tertiary/aromatic N) is 4. The molecule has 0 unspecified atom stereocenters. The van der Waals surface area contributed by atoms with Crippen molar-refractivity contribution in [3.63, 3.8) is 0 Å². The van der Waals surface area contributed by atoms with E-state index < -0.39 is 12.1 Å². The van der Waals surface area contributed by atoms with Crippen molar-refractivity contribution in [3.8, 4) is 22.8 Å². The quantitative estimate of drug-likeness (QED) is 0.780. The zero-order valence-electron chi connectivity index (χ0n) is 9.72. The fourth-order valence-electron chi connectivity index (χ4n) is 1.57. The molecule has 0 aromatic carbocycles. The molecular weight excluding hydrogens is 275 g/mol. The molecule has 1 N–H and O–H groups in total. The Morgan fingerprint density at radius 3 is 2.65 bits per heavy atom. The topological polar surface area (TPSA) is 80.5 Å². The van der Waals surface area contributed by atoms with Crippen LogP contribution in [0.5, 0.6) is 0 Å². The SMILES string of the molecule is FC(F)(F)c1nc(-c2ccnc(-c3ccn[nH]3)c2)no1. The number of hydrogen-bond acceptors (Lipinski definition) is 5. The van der Waals surface area contributed by atoms with Gasteiger partial charge in [0.05, 0.1) is 11.4 Å². The molecule has 0 aliphatic heterocycles. The van der Waals surface area contributed by atoms with Crippen molar-refractivity contribution >= 4 is 0 Å². The molecule has 3 aromatic heterocycles. The van der Waals surface area contributed by atoms with Crippen molar-refractivity contribution in [3.05, 3.63) is 36.5 Å². The van der Waals surface area contributed by atoms with Gasteiger partial charge in [-0.05, 0) is 18.2 Å². The molecule has 0 amide bonds. The molecule has 0 spiro atoms. The highest BCUT2D eigenvalue weighted by atomic mass is 19.4. The smallest absolute Gasteiger partial charge is 0.329 e. The maximum atomic E-state index is 12.4. The third-order valence-corrected chi connectivity index (χ3v) is 2.46. The predicted molar refractivity (Wildman–Crippen MR) is 60.1 cm³/mol. The highest BCUT2D eigenvalue weighted by molar-refractivity contribution is 5.63. The standard InChI is InChI=1S/C11H6F3N5O/c12-11(13,14)10-17-9(19-20-10)6-1-3-15-8(5-6)7-2-4-16-18-7/h1-5H,(H,16,18). The Kier molecular flexibility index (Phi) is 2.74. The van der Waals surface area contributed by atoms with Crippen LogP contribution < -0.4 is 0 Å². The number of H-pyrrole nitrogens is 1. The summed E-state index contributed by atoms with van der Waals surface area (Å²) in [7, 11) is 0. The lowest BCUT2D eigenvalue weighted by Crippen LogP contribution is -2.04. The first-order chi connectivity index (χ1) is 9.54. The molecule has 0 aliphatic rings. The summed E-state index contributed by atoms with van der Waals surface area (Å²) in [6.45, 7) is 0. The number of pyridine rings is 1. The summed E-state index contributed by atoms with van der Waals surface area (Å²) in [5, 5.41) is 9.79. The normalized spacial score (nSPS) is 11.8. The van der Waals surface area contributed by atoms with Crippen molar-refractivity contribution in [2.75, 3.05) is 0 Å². The maximum Gasteiger partial charge on any atom is 0.471 e. The first-order valence-electron chi connectivity index (χ1n) is 5.41. The fraction of sp³-hybridized carbons (Fsp3) is 0.0909. The van der Waals surface area contributed by atoms with E-state index in [2.05, 4.69) is 29.8 Å². The average Bonchev–Trinajstić information content (AvgIpc) is 3.10. The zero-order chi connectivity index (χ0) is 14.2. The Morgan fingerprint density at radius 2 is 2.00 bits per heavy atom. The highest BCUT2D eigenvalue weighted by Crippen LogP contribution is 2.29. The number of alkyl halides is 3. The van der Waals surface area contributed by atoms with Crippen LogP contribution in [0.25, 0.3) is 22.8 Å². The van der Waals surface area contributed by atoms with E-state index in [1.807, 2.05) is 0 Å². The van der Waals surface area contributed by atoms with Gasteiger partial charge >= 0.3 is 12.1 Å². The van der Waals surface area contributed by atoms with Gasteiger partial charge in [0, 0.05) is 18.0 Å². The minimum Gasteiger partial charge on any atom is -0.329 e. The van der Waals surface area contributed by atoms with E-state index in [-0.39, 0.29) is 5.82 Å². The monoisotopic (exact) mass is 281 g/mol. The van der Waals surface area contributed by atoms with Crippen LogP contribution >= 0.6 is 0 Å². The lowest BCUT2D eigenvalue weighted by atomic mass is 10.2. The second kappa shape index (κ2) is 4.44. The molecule has 0 radical (unpaired) electrons. The van der Waals surface area contributed by atoms with Crippen LogP contribution in [-0.4, -0.2) is 25.3 Å². The van der Waals surface area contributed by atoms with Gasteiger partial charge in [0.25, 0.3) is 0 Å². The Balaban J connectivity index is 1.99. The number of aromatic amines is 1. The van der Waals surface area contributed by atoms with Gasteiger partial charge in [-0.1, -0.05) is 5.16 Å². The van der Waals surface area contributed by atoms with Gasteiger partial charge in [-0.25, -0.2) is 0 Å². The van der Waals surface area contributed by atoms with Crippen molar-refractivity contribution in [1.82, 2.24) is 25.3 Å². The summed E-state index contributed by atoms with van der Waals surface area (Å²) < 4.78 is 41.4. The van der Waals surface area contributed by atoms with Crippen molar-refractivity contribution in [2.45, 2.75) is 6.18 Å². The van der Waals surface area contributed by atoms with Crippen LogP contribution in [0.15, 0.2) is 35.1 Å². The van der Waals surface area contributed by atoms with E-state index in [4.69, 9.17) is 0 Å². The third-order valence-electron chi connectivity index (χ3n) is 2.46. The number of hydrogen-bond donors (Lipinski definition) is 1. The van der Waals surface area contributed by atoms with Gasteiger partial charge in [-0.3, -0.25) is 10.1 Å². The van der Waals surface area contributed by atoms with E-state index in [0.29, 0.717) is 17.0 Å². The lowest BCUT2D eigenvalue weighted by Gasteiger charge is -1.99. The minimum absolute atomic E-state index is 0.152. The van der Waals surface area contributed by atoms with Crippen LogP contribution in [0.2, 0.25) is 0 Å². The van der Waals surface area contributed by atoms with E-state index in [1.54, 1.807) is 18.3 Å². The molecule has 0 bridgehead atoms. The van der Waals surface area contributed by atoms with Gasteiger partial charge < -0.3 is 4.52 Å². The highest BCUT2D eigenvalue weighted by Gasteiger charge is 2.38. The molecule has 0 aliphatic carbocycles. The van der Waals surface area contributed by atoms with Crippen molar-refractivity contribution in [1.29, 1.82) is 0 Å². The molecule has 6 nitrogen and oxygen atoms in total. The second-order valence-corrected chi connectivity index (χ2v) is 3.82. The maximum absolute atomic E-state index is 12.4. The average molecular weight is 281 g/mol. The lowest BCUT2D eigenvalue weighted by molar-refractivity contribution is -0.159. The van der Waals surface area contributed by atoms with Crippen LogP contribution in [0.3, 0.4) is 0 Å². The molecule has 3 aromatic rings. The number of halogens is 3. The molecule has 102 valence electrons. The molecule has 3 rings (SSSR count). The molecule has 0 fully saturated rings. The largest absolute Gasteiger partial charge is 0.471 e. The summed E-state index contributed by atoms with van der Waals surface area (Å²) in [4.78, 5) is 7.40. The van der Waals surface area contributed by atoms with Gasteiger partial charge in [0.15, 0.2) is 0 Å². The molecule has 9 heteroatoms. The van der Waals surface area contributed by atoms with E-state index in [1.165, 1.54) is 12.3 Å². The Labute approximate surface area is 109 Å². The fourth-order valence-corrected chi connectivity index (χ4v) is 1.57. The van der Waals surface area contributed by atoms with Crippen molar-refractivity contribution < 1.29 is 17.7 Å². The van der Waals surface area contributed by atoms with Crippen LogP contribution in [0, 0.1) is 0 Å². The summed E-state index contributed by atoms with van der Waals surface area (Å²) in [5.41, 5.74) is 1.51. The van der Waals surface area contributed by atoms with Gasteiger partial charge in [-0.2, -0.15) is 23.3 Å².